The van der Waals surface area contributed by atoms with Crippen molar-refractivity contribution in [2.45, 2.75) is 25.2 Å². The van der Waals surface area contributed by atoms with Crippen molar-refractivity contribution in [3.8, 4) is 0 Å². The van der Waals surface area contributed by atoms with Gasteiger partial charge in [-0.1, -0.05) is 12.1 Å². The fourth-order valence-electron chi connectivity index (χ4n) is 2.82. The summed E-state index contributed by atoms with van der Waals surface area (Å²) in [6, 6.07) is 8.42. The van der Waals surface area contributed by atoms with Gasteiger partial charge >= 0.3 is 0 Å². The summed E-state index contributed by atoms with van der Waals surface area (Å²) in [5, 5.41) is 0. The highest BCUT2D eigenvalue weighted by Crippen LogP contribution is 2.32. The molecular formula is C14H20N2O2. The van der Waals surface area contributed by atoms with E-state index < -0.39 is 0 Å². The molecule has 18 heavy (non-hydrogen) atoms. The molecule has 0 radical (unpaired) electrons. The lowest BCUT2D eigenvalue weighted by Gasteiger charge is -2.39. The molecule has 2 aliphatic rings. The lowest BCUT2D eigenvalue weighted by molar-refractivity contribution is -0.161. The number of nitrogens with two attached hydrogens (primary N) is 1. The molecule has 2 N–H and O–H groups in total. The van der Waals surface area contributed by atoms with E-state index in [1.165, 1.54) is 11.3 Å². The second-order valence-electron chi connectivity index (χ2n) is 5.01. The van der Waals surface area contributed by atoms with E-state index in [1.54, 1.807) is 0 Å². The van der Waals surface area contributed by atoms with Crippen molar-refractivity contribution in [1.29, 1.82) is 0 Å². The first kappa shape index (κ1) is 12.0. The molecule has 3 rings (SSSR count). The molecule has 0 saturated carbocycles. The Morgan fingerprint density at radius 2 is 2.11 bits per heavy atom. The second kappa shape index (κ2) is 4.88. The van der Waals surface area contributed by atoms with Gasteiger partial charge in [0.15, 0.2) is 5.79 Å². The van der Waals surface area contributed by atoms with Crippen LogP contribution in [0.5, 0.6) is 0 Å². The first-order chi connectivity index (χ1) is 8.81. The molecule has 4 heteroatoms. The number of benzene rings is 1. The number of ether oxygens (including phenoxy) is 2. The first-order valence-corrected chi connectivity index (χ1v) is 6.63. The Hall–Kier alpha value is -1.10. The van der Waals surface area contributed by atoms with Gasteiger partial charge < -0.3 is 20.1 Å². The van der Waals surface area contributed by atoms with E-state index in [4.69, 9.17) is 15.2 Å². The molecule has 2 saturated heterocycles. The minimum Gasteiger partial charge on any atom is -0.366 e. The molecule has 2 heterocycles. The average molecular weight is 248 g/mol. The maximum Gasteiger partial charge on any atom is 0.186 e. The normalized spacial score (nSPS) is 22.6. The van der Waals surface area contributed by atoms with Gasteiger partial charge in [-0.15, -0.1) is 0 Å². The number of hydrogen-bond donors (Lipinski definition) is 1. The smallest absolute Gasteiger partial charge is 0.186 e. The van der Waals surface area contributed by atoms with Gasteiger partial charge in [0.25, 0.3) is 0 Å². The highest BCUT2D eigenvalue weighted by atomic mass is 16.7. The number of nitrogens with zero attached hydrogens (tertiary/aromatic N) is 1. The highest BCUT2D eigenvalue weighted by Gasteiger charge is 2.40. The molecule has 4 nitrogen and oxygen atoms in total. The van der Waals surface area contributed by atoms with Gasteiger partial charge in [0, 0.05) is 25.2 Å². The van der Waals surface area contributed by atoms with E-state index in [0.717, 1.165) is 39.1 Å². The fraction of sp³-hybridized carbons (Fsp3) is 0.571. The minimum atomic E-state index is -0.364. The van der Waals surface area contributed by atoms with Crippen molar-refractivity contribution in [2.75, 3.05) is 31.2 Å². The van der Waals surface area contributed by atoms with Crippen molar-refractivity contribution < 1.29 is 9.47 Å². The third kappa shape index (κ3) is 2.23. The molecule has 1 aromatic carbocycles. The van der Waals surface area contributed by atoms with Gasteiger partial charge in [0.05, 0.1) is 19.8 Å². The molecule has 98 valence electrons. The topological polar surface area (TPSA) is 47.7 Å². The summed E-state index contributed by atoms with van der Waals surface area (Å²) in [7, 11) is 0. The third-order valence-electron chi connectivity index (χ3n) is 3.74. The van der Waals surface area contributed by atoms with Crippen LogP contribution < -0.4 is 10.6 Å². The van der Waals surface area contributed by atoms with Crippen LogP contribution in [0, 0.1) is 0 Å². The first-order valence-electron chi connectivity index (χ1n) is 6.63. The monoisotopic (exact) mass is 248 g/mol. The maximum absolute atomic E-state index is 5.80. The Kier molecular flexibility index (Phi) is 3.24. The van der Waals surface area contributed by atoms with Crippen molar-refractivity contribution >= 4 is 5.69 Å². The predicted molar refractivity (Wildman–Crippen MR) is 70.4 cm³/mol. The molecule has 2 fully saturated rings. The minimum absolute atomic E-state index is 0.364. The molecule has 0 amide bonds. The maximum atomic E-state index is 5.80. The molecule has 1 spiro atoms. The van der Waals surface area contributed by atoms with E-state index in [1.807, 2.05) is 0 Å². The summed E-state index contributed by atoms with van der Waals surface area (Å²) in [4.78, 5) is 2.34. The Balaban J connectivity index is 1.78. The Labute approximate surface area is 108 Å². The van der Waals surface area contributed by atoms with Crippen molar-refractivity contribution in [1.82, 2.24) is 0 Å². The van der Waals surface area contributed by atoms with Gasteiger partial charge in [-0.05, 0) is 24.1 Å². The van der Waals surface area contributed by atoms with Gasteiger partial charge in [-0.2, -0.15) is 0 Å². The van der Waals surface area contributed by atoms with Gasteiger partial charge in [-0.25, -0.2) is 0 Å². The number of piperidine rings is 1. The summed E-state index contributed by atoms with van der Waals surface area (Å²) < 4.78 is 11.6. The zero-order valence-corrected chi connectivity index (χ0v) is 10.6. The van der Waals surface area contributed by atoms with Crippen LogP contribution in [-0.4, -0.2) is 32.1 Å². The van der Waals surface area contributed by atoms with E-state index >= 15 is 0 Å². The van der Waals surface area contributed by atoms with Crippen LogP contribution >= 0.6 is 0 Å². The molecule has 0 aliphatic carbocycles. The molecule has 2 aliphatic heterocycles. The zero-order chi connectivity index (χ0) is 12.4. The summed E-state index contributed by atoms with van der Waals surface area (Å²) in [6.07, 6.45) is 2.10. The number of anilines is 1. The van der Waals surface area contributed by atoms with Crippen LogP contribution in [-0.2, 0) is 16.0 Å². The van der Waals surface area contributed by atoms with E-state index in [2.05, 4.69) is 29.2 Å². The predicted octanol–water partition coefficient (Wildman–Crippen LogP) is 1.49. The van der Waals surface area contributed by atoms with E-state index in [9.17, 15) is 0 Å². The Morgan fingerprint density at radius 3 is 2.89 bits per heavy atom. The average Bonchev–Trinajstić information content (AvgIpc) is 2.87. The van der Waals surface area contributed by atoms with Crippen LogP contribution in [0.15, 0.2) is 24.3 Å². The number of hydrogen-bond acceptors (Lipinski definition) is 4. The lowest BCUT2D eigenvalue weighted by atomic mass is 10.0. The zero-order valence-electron chi connectivity index (χ0n) is 10.6. The van der Waals surface area contributed by atoms with Crippen LogP contribution in [0.4, 0.5) is 5.69 Å². The van der Waals surface area contributed by atoms with Crippen LogP contribution in [0.2, 0.25) is 0 Å². The van der Waals surface area contributed by atoms with Crippen LogP contribution in [0.3, 0.4) is 0 Å². The summed E-state index contributed by atoms with van der Waals surface area (Å²) in [5.74, 6) is -0.364. The molecular weight excluding hydrogens is 228 g/mol. The standard InChI is InChI=1S/C14H20N2O2/c15-10-12-3-1-4-13(9-12)16-6-2-5-14(11-16)17-7-8-18-14/h1,3-4,9H,2,5-8,10-11,15H2. The summed E-state index contributed by atoms with van der Waals surface area (Å²) in [6.45, 7) is 3.90. The quantitative estimate of drug-likeness (QED) is 0.861. The SMILES string of the molecule is NCc1cccc(N2CCCC3(C2)OCCO3)c1. The van der Waals surface area contributed by atoms with Crippen molar-refractivity contribution in [2.24, 2.45) is 5.73 Å². The lowest BCUT2D eigenvalue weighted by Crippen LogP contribution is -2.49. The molecule has 0 aromatic heterocycles. The highest BCUT2D eigenvalue weighted by molar-refractivity contribution is 5.49. The van der Waals surface area contributed by atoms with Crippen molar-refractivity contribution in [3.05, 3.63) is 29.8 Å². The van der Waals surface area contributed by atoms with Crippen molar-refractivity contribution in [3.63, 3.8) is 0 Å². The van der Waals surface area contributed by atoms with Crippen LogP contribution in [0.25, 0.3) is 0 Å². The summed E-state index contributed by atoms with van der Waals surface area (Å²) >= 11 is 0. The van der Waals surface area contributed by atoms with Gasteiger partial charge in [-0.3, -0.25) is 0 Å². The second-order valence-corrected chi connectivity index (χ2v) is 5.01. The Bertz CT molecular complexity index is 416. The van der Waals surface area contributed by atoms with Gasteiger partial charge in [0.1, 0.15) is 0 Å². The largest absolute Gasteiger partial charge is 0.366 e. The fourth-order valence-corrected chi connectivity index (χ4v) is 2.82. The van der Waals surface area contributed by atoms with E-state index in [0.29, 0.717) is 6.54 Å². The third-order valence-corrected chi connectivity index (χ3v) is 3.74. The number of rotatable bonds is 2. The van der Waals surface area contributed by atoms with Crippen LogP contribution in [0.1, 0.15) is 18.4 Å². The van der Waals surface area contributed by atoms with E-state index in [-0.39, 0.29) is 5.79 Å². The molecule has 0 atom stereocenters. The molecule has 0 unspecified atom stereocenters. The summed E-state index contributed by atoms with van der Waals surface area (Å²) in [5.41, 5.74) is 8.08. The molecule has 1 aromatic rings. The molecule has 0 bridgehead atoms. The van der Waals surface area contributed by atoms with Gasteiger partial charge in [0.2, 0.25) is 0 Å². The Morgan fingerprint density at radius 1 is 1.28 bits per heavy atom.